The van der Waals surface area contributed by atoms with Gasteiger partial charge in [0.15, 0.2) is 0 Å². The first-order valence-electron chi connectivity index (χ1n) is 18.3. The summed E-state index contributed by atoms with van der Waals surface area (Å²) in [5, 5.41) is 4.88. The molecule has 1 spiro atoms. The first kappa shape index (κ1) is 29.8. The number of rotatable bonds is 4. The molecule has 2 aliphatic rings. The average Bonchev–Trinajstić information content (AvgIpc) is 3.51. The van der Waals surface area contributed by atoms with Gasteiger partial charge in [-0.3, -0.25) is 0 Å². The van der Waals surface area contributed by atoms with E-state index in [0.29, 0.717) is 0 Å². The Kier molecular flexibility index (Phi) is 6.50. The number of para-hydroxylation sites is 2. The summed E-state index contributed by atoms with van der Waals surface area (Å²) in [7, 11) is 0. The standard InChI is InChI=1S/C51H33NO/c1-2-15-39(16-3-1)52(41-29-24-34-12-4-5-14-37(34)32-41)40-27-22-35(23-28-40)38-25-30-44-43-18-8-9-19-45(43)51(47(44)33-38)46-20-10-11-21-48(46)53-49-31-26-36-13-6-7-17-42(36)50(49)51/h1-33H. The summed E-state index contributed by atoms with van der Waals surface area (Å²) < 4.78 is 6.74. The van der Waals surface area contributed by atoms with Crippen LogP contribution in [0.3, 0.4) is 0 Å². The van der Waals surface area contributed by atoms with Crippen LogP contribution in [0.1, 0.15) is 22.3 Å². The van der Waals surface area contributed by atoms with Crippen molar-refractivity contribution in [2.24, 2.45) is 0 Å². The van der Waals surface area contributed by atoms with Gasteiger partial charge in [-0.25, -0.2) is 0 Å². The van der Waals surface area contributed by atoms with Crippen molar-refractivity contribution in [3.8, 4) is 33.8 Å². The summed E-state index contributed by atoms with van der Waals surface area (Å²) in [5.41, 5.74) is 12.7. The van der Waals surface area contributed by atoms with E-state index in [2.05, 4.69) is 205 Å². The van der Waals surface area contributed by atoms with Crippen LogP contribution in [0.15, 0.2) is 200 Å². The van der Waals surface area contributed by atoms with Crippen LogP contribution < -0.4 is 9.64 Å². The minimum Gasteiger partial charge on any atom is -0.457 e. The fourth-order valence-electron chi connectivity index (χ4n) is 9.00. The highest BCUT2D eigenvalue weighted by Crippen LogP contribution is 2.63. The molecule has 11 rings (SSSR count). The van der Waals surface area contributed by atoms with Crippen molar-refractivity contribution in [2.75, 3.05) is 4.90 Å². The predicted octanol–water partition coefficient (Wildman–Crippen LogP) is 13.6. The van der Waals surface area contributed by atoms with Crippen LogP contribution in [0, 0.1) is 0 Å². The Hall–Kier alpha value is -6.90. The minimum absolute atomic E-state index is 0.549. The smallest absolute Gasteiger partial charge is 0.132 e. The summed E-state index contributed by atoms with van der Waals surface area (Å²) in [5.74, 6) is 1.82. The van der Waals surface area contributed by atoms with Crippen molar-refractivity contribution in [2.45, 2.75) is 5.41 Å². The first-order valence-corrected chi connectivity index (χ1v) is 18.3. The van der Waals surface area contributed by atoms with Crippen molar-refractivity contribution < 1.29 is 4.74 Å². The molecule has 0 N–H and O–H groups in total. The van der Waals surface area contributed by atoms with Crippen LogP contribution in [0.2, 0.25) is 0 Å². The fourth-order valence-corrected chi connectivity index (χ4v) is 9.00. The summed E-state index contributed by atoms with van der Waals surface area (Å²) in [6.07, 6.45) is 0. The molecule has 53 heavy (non-hydrogen) atoms. The van der Waals surface area contributed by atoms with E-state index in [0.717, 1.165) is 28.6 Å². The summed E-state index contributed by atoms with van der Waals surface area (Å²) in [6.45, 7) is 0. The zero-order chi connectivity index (χ0) is 34.9. The van der Waals surface area contributed by atoms with Gasteiger partial charge >= 0.3 is 0 Å². The van der Waals surface area contributed by atoms with Crippen LogP contribution in [0.25, 0.3) is 43.8 Å². The van der Waals surface area contributed by atoms with E-state index in [1.54, 1.807) is 0 Å². The highest BCUT2D eigenvalue weighted by molar-refractivity contribution is 5.98. The molecule has 2 heteroatoms. The van der Waals surface area contributed by atoms with E-state index >= 15 is 0 Å². The molecule has 0 radical (unpaired) electrons. The molecule has 1 atom stereocenters. The molecule has 0 saturated heterocycles. The Bertz CT molecular complexity index is 2870. The SMILES string of the molecule is c1ccc(N(c2ccc(-c3ccc4c(c3)C3(c5ccccc5Oc5ccc6ccccc6c53)c3ccccc3-4)cc2)c2ccc3ccccc3c2)cc1. The van der Waals surface area contributed by atoms with Crippen molar-refractivity contribution in [3.63, 3.8) is 0 Å². The third-order valence-corrected chi connectivity index (χ3v) is 11.3. The first-order chi connectivity index (χ1) is 26.3. The van der Waals surface area contributed by atoms with Gasteiger partial charge in [-0.2, -0.15) is 0 Å². The lowest BCUT2D eigenvalue weighted by molar-refractivity contribution is 0.438. The van der Waals surface area contributed by atoms with Gasteiger partial charge in [0.25, 0.3) is 0 Å². The molecule has 0 amide bonds. The van der Waals surface area contributed by atoms with Crippen LogP contribution >= 0.6 is 0 Å². The number of hydrogen-bond donors (Lipinski definition) is 0. The van der Waals surface area contributed by atoms with Crippen molar-refractivity contribution in [1.29, 1.82) is 0 Å². The van der Waals surface area contributed by atoms with E-state index in [-0.39, 0.29) is 0 Å². The van der Waals surface area contributed by atoms with E-state index in [1.165, 1.54) is 66.1 Å². The number of fused-ring (bicyclic) bond motifs is 12. The number of ether oxygens (including phenoxy) is 1. The highest BCUT2D eigenvalue weighted by Gasteiger charge is 2.51. The molecule has 248 valence electrons. The Morgan fingerprint density at radius 1 is 0.358 bits per heavy atom. The molecule has 1 heterocycles. The molecule has 0 bridgehead atoms. The third kappa shape index (κ3) is 4.39. The Morgan fingerprint density at radius 3 is 1.85 bits per heavy atom. The average molecular weight is 676 g/mol. The summed E-state index contributed by atoms with van der Waals surface area (Å²) in [6, 6.07) is 72.6. The van der Waals surface area contributed by atoms with Gasteiger partial charge in [0.05, 0.1) is 5.41 Å². The molecular formula is C51H33NO. The molecule has 1 aliphatic heterocycles. The number of benzene rings is 9. The second kappa shape index (κ2) is 11.6. The lowest BCUT2D eigenvalue weighted by atomic mass is 9.64. The van der Waals surface area contributed by atoms with E-state index in [1.807, 2.05) is 0 Å². The molecule has 9 aromatic rings. The molecule has 0 aromatic heterocycles. The zero-order valence-corrected chi connectivity index (χ0v) is 28.9. The van der Waals surface area contributed by atoms with Gasteiger partial charge in [0, 0.05) is 28.2 Å². The molecule has 0 saturated carbocycles. The molecule has 9 aromatic carbocycles. The van der Waals surface area contributed by atoms with E-state index in [9.17, 15) is 0 Å². The monoisotopic (exact) mass is 675 g/mol. The van der Waals surface area contributed by atoms with Gasteiger partial charge in [-0.05, 0) is 110 Å². The van der Waals surface area contributed by atoms with Crippen LogP contribution in [0.4, 0.5) is 17.1 Å². The van der Waals surface area contributed by atoms with Crippen LogP contribution in [0.5, 0.6) is 11.5 Å². The highest BCUT2D eigenvalue weighted by atomic mass is 16.5. The maximum atomic E-state index is 6.74. The topological polar surface area (TPSA) is 12.5 Å². The largest absolute Gasteiger partial charge is 0.457 e. The number of hydrogen-bond acceptors (Lipinski definition) is 2. The fraction of sp³-hybridized carbons (Fsp3) is 0.0196. The summed E-state index contributed by atoms with van der Waals surface area (Å²) in [4.78, 5) is 2.34. The van der Waals surface area contributed by atoms with Crippen LogP contribution in [-0.4, -0.2) is 0 Å². The molecule has 0 fully saturated rings. The number of nitrogens with zero attached hydrogens (tertiary/aromatic N) is 1. The van der Waals surface area contributed by atoms with E-state index in [4.69, 9.17) is 4.74 Å². The normalized spacial score (nSPS) is 15.0. The quantitative estimate of drug-likeness (QED) is 0.184. The second-order valence-corrected chi connectivity index (χ2v) is 14.1. The van der Waals surface area contributed by atoms with Crippen molar-refractivity contribution >= 4 is 38.6 Å². The summed E-state index contributed by atoms with van der Waals surface area (Å²) >= 11 is 0. The Balaban J connectivity index is 1.10. The second-order valence-electron chi connectivity index (χ2n) is 14.1. The maximum Gasteiger partial charge on any atom is 0.132 e. The van der Waals surface area contributed by atoms with Gasteiger partial charge in [0.1, 0.15) is 11.5 Å². The van der Waals surface area contributed by atoms with Crippen LogP contribution in [-0.2, 0) is 5.41 Å². The molecule has 2 nitrogen and oxygen atoms in total. The minimum atomic E-state index is -0.549. The Labute approximate surface area is 308 Å². The van der Waals surface area contributed by atoms with Crippen molar-refractivity contribution in [1.82, 2.24) is 0 Å². The Morgan fingerprint density at radius 2 is 0.981 bits per heavy atom. The maximum absolute atomic E-state index is 6.74. The lowest BCUT2D eigenvalue weighted by Crippen LogP contribution is -2.32. The zero-order valence-electron chi connectivity index (χ0n) is 28.9. The molecule has 1 unspecified atom stereocenters. The molecule has 1 aliphatic carbocycles. The van der Waals surface area contributed by atoms with E-state index < -0.39 is 5.41 Å². The van der Waals surface area contributed by atoms with Gasteiger partial charge in [-0.1, -0.05) is 146 Å². The van der Waals surface area contributed by atoms with Gasteiger partial charge in [-0.15, -0.1) is 0 Å². The van der Waals surface area contributed by atoms with Gasteiger partial charge < -0.3 is 9.64 Å². The third-order valence-electron chi connectivity index (χ3n) is 11.3. The molecular weight excluding hydrogens is 643 g/mol. The van der Waals surface area contributed by atoms with Gasteiger partial charge in [0.2, 0.25) is 0 Å². The van der Waals surface area contributed by atoms with Crippen molar-refractivity contribution in [3.05, 3.63) is 222 Å². The number of anilines is 3. The lowest BCUT2D eigenvalue weighted by Gasteiger charge is -2.40. The predicted molar refractivity (Wildman–Crippen MR) is 219 cm³/mol.